The van der Waals surface area contributed by atoms with Crippen LogP contribution in [0.4, 0.5) is 5.69 Å². The van der Waals surface area contributed by atoms with Gasteiger partial charge in [-0.3, -0.25) is 9.10 Å². The maximum Gasteiger partial charge on any atom is 0.264 e. The highest BCUT2D eigenvalue weighted by Gasteiger charge is 2.22. The second-order valence-electron chi connectivity index (χ2n) is 8.03. The lowest BCUT2D eigenvalue weighted by Gasteiger charge is -2.22. The number of benzene rings is 2. The van der Waals surface area contributed by atoms with Gasteiger partial charge in [-0.05, 0) is 62.1 Å². The fourth-order valence-corrected chi connectivity index (χ4v) is 5.17. The molecule has 0 aromatic heterocycles. The average Bonchev–Trinajstić information content (AvgIpc) is 2.79. The molecule has 0 saturated heterocycles. The number of nitrogens with one attached hydrogen (secondary N) is 1. The molecule has 0 atom stereocenters. The molecule has 7 heteroatoms. The van der Waals surface area contributed by atoms with Crippen LogP contribution >= 0.6 is 0 Å². The maximum atomic E-state index is 12.9. The van der Waals surface area contributed by atoms with Crippen LogP contribution in [0.3, 0.4) is 0 Å². The van der Waals surface area contributed by atoms with Crippen LogP contribution in [0.2, 0.25) is 0 Å². The first kappa shape index (κ1) is 23.3. The number of carbonyl (C=O) groups excluding carboxylic acids is 1. The molecule has 0 spiro atoms. The molecule has 2 aromatic carbocycles. The molecule has 0 radical (unpaired) electrons. The van der Waals surface area contributed by atoms with E-state index < -0.39 is 10.0 Å². The molecule has 2 aromatic rings. The summed E-state index contributed by atoms with van der Waals surface area (Å²) in [6.07, 6.45) is 7.25. The van der Waals surface area contributed by atoms with E-state index >= 15 is 0 Å². The van der Waals surface area contributed by atoms with Crippen LogP contribution in [0, 0.1) is 6.92 Å². The predicted molar refractivity (Wildman–Crippen MR) is 123 cm³/mol. The number of aryl methyl sites for hydroxylation is 1. The average molecular weight is 445 g/mol. The molecule has 1 saturated carbocycles. The number of sulfonamides is 1. The largest absolute Gasteiger partial charge is 0.378 e. The molecular formula is C24H32N2O4S. The van der Waals surface area contributed by atoms with Gasteiger partial charge in [-0.1, -0.05) is 37.5 Å². The Hall–Kier alpha value is -2.38. The minimum Gasteiger partial charge on any atom is -0.378 e. The first-order chi connectivity index (χ1) is 14.9. The number of nitrogens with zero attached hydrogens (tertiary/aromatic N) is 1. The molecule has 31 heavy (non-hydrogen) atoms. The van der Waals surface area contributed by atoms with Gasteiger partial charge in [0.2, 0.25) is 0 Å². The van der Waals surface area contributed by atoms with Gasteiger partial charge in [0.15, 0.2) is 0 Å². The molecule has 168 valence electrons. The zero-order chi connectivity index (χ0) is 22.3. The molecule has 0 heterocycles. The Balaban J connectivity index is 1.54. The summed E-state index contributed by atoms with van der Waals surface area (Å²) in [6.45, 7) is 3.01. The van der Waals surface area contributed by atoms with E-state index in [1.54, 1.807) is 55.5 Å². The molecule has 3 rings (SSSR count). The molecular weight excluding hydrogens is 412 g/mol. The van der Waals surface area contributed by atoms with Crippen molar-refractivity contribution in [2.75, 3.05) is 24.5 Å². The second kappa shape index (κ2) is 10.8. The fraction of sp³-hybridized carbons (Fsp3) is 0.458. The van der Waals surface area contributed by atoms with Crippen molar-refractivity contribution in [3.05, 3.63) is 59.7 Å². The van der Waals surface area contributed by atoms with E-state index in [2.05, 4.69) is 5.32 Å². The lowest BCUT2D eigenvalue weighted by atomic mass is 9.98. The number of rotatable bonds is 9. The normalized spacial score (nSPS) is 14.9. The lowest BCUT2D eigenvalue weighted by Crippen LogP contribution is -2.28. The van der Waals surface area contributed by atoms with Crippen molar-refractivity contribution >= 4 is 21.6 Å². The van der Waals surface area contributed by atoms with Gasteiger partial charge in [-0.25, -0.2) is 8.42 Å². The number of carbonyl (C=O) groups is 1. The zero-order valence-corrected chi connectivity index (χ0v) is 19.2. The Labute approximate surface area is 185 Å². The van der Waals surface area contributed by atoms with Crippen molar-refractivity contribution in [1.82, 2.24) is 5.32 Å². The van der Waals surface area contributed by atoms with Crippen LogP contribution < -0.4 is 9.62 Å². The second-order valence-corrected chi connectivity index (χ2v) is 10.00. The van der Waals surface area contributed by atoms with Gasteiger partial charge in [0.25, 0.3) is 15.9 Å². The highest BCUT2D eigenvalue weighted by atomic mass is 32.2. The van der Waals surface area contributed by atoms with Gasteiger partial charge in [0.05, 0.1) is 16.7 Å². The maximum absolute atomic E-state index is 12.9. The van der Waals surface area contributed by atoms with Crippen LogP contribution in [0.1, 0.15) is 54.4 Å². The van der Waals surface area contributed by atoms with E-state index in [1.807, 2.05) is 0 Å². The molecule has 1 aliphatic carbocycles. The molecule has 0 unspecified atom stereocenters. The molecule has 0 bridgehead atoms. The molecule has 0 aliphatic heterocycles. The van der Waals surface area contributed by atoms with E-state index in [4.69, 9.17) is 4.74 Å². The summed E-state index contributed by atoms with van der Waals surface area (Å²) < 4.78 is 32.8. The number of anilines is 1. The Morgan fingerprint density at radius 3 is 2.48 bits per heavy atom. The van der Waals surface area contributed by atoms with Gasteiger partial charge >= 0.3 is 0 Å². The van der Waals surface area contributed by atoms with Crippen LogP contribution in [0.25, 0.3) is 0 Å². The zero-order valence-electron chi connectivity index (χ0n) is 18.3. The van der Waals surface area contributed by atoms with Gasteiger partial charge in [0.1, 0.15) is 0 Å². The van der Waals surface area contributed by atoms with E-state index in [0.29, 0.717) is 30.5 Å². The number of ether oxygens (including phenoxy) is 1. The Kier molecular flexibility index (Phi) is 8.09. The standard InChI is InChI=1S/C24H32N2O4S/c1-19-18-20(24(27)25-16-9-17-30-21-10-5-3-6-11-21)14-15-23(19)26(2)31(28,29)22-12-7-4-8-13-22/h4,7-8,12-15,18,21H,3,5-6,9-11,16-17H2,1-2H3,(H,25,27). The van der Waals surface area contributed by atoms with Crippen LogP contribution in [0.5, 0.6) is 0 Å². The molecule has 1 amide bonds. The smallest absolute Gasteiger partial charge is 0.264 e. The van der Waals surface area contributed by atoms with E-state index in [-0.39, 0.29) is 10.8 Å². The number of hydrogen-bond acceptors (Lipinski definition) is 4. The quantitative estimate of drug-likeness (QED) is 0.586. The summed E-state index contributed by atoms with van der Waals surface area (Å²) in [5.41, 5.74) is 1.77. The fourth-order valence-electron chi connectivity index (χ4n) is 3.89. The van der Waals surface area contributed by atoms with Gasteiger partial charge in [-0.2, -0.15) is 0 Å². The topological polar surface area (TPSA) is 75.7 Å². The third-order valence-electron chi connectivity index (χ3n) is 5.71. The van der Waals surface area contributed by atoms with Crippen molar-refractivity contribution < 1.29 is 17.9 Å². The van der Waals surface area contributed by atoms with Crippen molar-refractivity contribution in [1.29, 1.82) is 0 Å². The van der Waals surface area contributed by atoms with Crippen molar-refractivity contribution in [2.45, 2.75) is 56.4 Å². The Bertz CT molecular complexity index is 970. The molecule has 6 nitrogen and oxygen atoms in total. The SMILES string of the molecule is Cc1cc(C(=O)NCCCOC2CCCCC2)ccc1N(C)S(=O)(=O)c1ccccc1. The van der Waals surface area contributed by atoms with E-state index in [0.717, 1.165) is 24.8 Å². The molecule has 1 aliphatic rings. The van der Waals surface area contributed by atoms with E-state index in [9.17, 15) is 13.2 Å². The van der Waals surface area contributed by atoms with Crippen LogP contribution in [0.15, 0.2) is 53.4 Å². The third-order valence-corrected chi connectivity index (χ3v) is 7.50. The molecule has 1 fully saturated rings. The van der Waals surface area contributed by atoms with Gasteiger partial charge in [-0.15, -0.1) is 0 Å². The Morgan fingerprint density at radius 1 is 1.10 bits per heavy atom. The Morgan fingerprint density at radius 2 is 1.81 bits per heavy atom. The minimum atomic E-state index is -3.66. The van der Waals surface area contributed by atoms with Gasteiger partial charge in [0, 0.05) is 25.8 Å². The first-order valence-corrected chi connectivity index (χ1v) is 12.4. The first-order valence-electron chi connectivity index (χ1n) is 10.9. The van der Waals surface area contributed by atoms with Crippen molar-refractivity contribution in [2.24, 2.45) is 0 Å². The summed E-state index contributed by atoms with van der Waals surface area (Å²) >= 11 is 0. The minimum absolute atomic E-state index is 0.166. The number of hydrogen-bond donors (Lipinski definition) is 1. The highest BCUT2D eigenvalue weighted by Crippen LogP contribution is 2.26. The summed E-state index contributed by atoms with van der Waals surface area (Å²) in [5.74, 6) is -0.166. The lowest BCUT2D eigenvalue weighted by molar-refractivity contribution is 0.0273. The third kappa shape index (κ3) is 6.08. The van der Waals surface area contributed by atoms with Crippen LogP contribution in [-0.2, 0) is 14.8 Å². The number of amides is 1. The monoisotopic (exact) mass is 444 g/mol. The van der Waals surface area contributed by atoms with Crippen molar-refractivity contribution in [3.8, 4) is 0 Å². The van der Waals surface area contributed by atoms with Crippen LogP contribution in [-0.4, -0.2) is 40.6 Å². The van der Waals surface area contributed by atoms with Crippen molar-refractivity contribution in [3.63, 3.8) is 0 Å². The highest BCUT2D eigenvalue weighted by molar-refractivity contribution is 7.92. The van der Waals surface area contributed by atoms with E-state index in [1.165, 1.54) is 30.6 Å². The predicted octanol–water partition coefficient (Wildman–Crippen LogP) is 4.29. The summed E-state index contributed by atoms with van der Waals surface area (Å²) in [4.78, 5) is 12.7. The summed E-state index contributed by atoms with van der Waals surface area (Å²) in [7, 11) is -2.13. The van der Waals surface area contributed by atoms with Gasteiger partial charge < -0.3 is 10.1 Å². The molecule has 1 N–H and O–H groups in total. The summed E-state index contributed by atoms with van der Waals surface area (Å²) in [5, 5.41) is 2.92. The summed E-state index contributed by atoms with van der Waals surface area (Å²) in [6, 6.07) is 13.4.